The molecule has 0 aromatic heterocycles. The Hall–Kier alpha value is 0.310. The fourth-order valence-electron chi connectivity index (χ4n) is 2.04. The lowest BCUT2D eigenvalue weighted by atomic mass is 10.1. The molecule has 2 rings (SSSR count). The quantitative estimate of drug-likeness (QED) is 0.682. The van der Waals surface area contributed by atoms with E-state index in [0.29, 0.717) is 5.54 Å². The van der Waals surface area contributed by atoms with E-state index in [1.807, 2.05) is 0 Å². The van der Waals surface area contributed by atoms with Crippen LogP contribution in [0.4, 0.5) is 0 Å². The highest BCUT2D eigenvalue weighted by molar-refractivity contribution is 8.00. The Morgan fingerprint density at radius 3 is 2.64 bits per heavy atom. The van der Waals surface area contributed by atoms with Crippen molar-refractivity contribution in [3.63, 3.8) is 0 Å². The zero-order chi connectivity index (χ0) is 7.73. The summed E-state index contributed by atoms with van der Waals surface area (Å²) in [7, 11) is 2.13. The second-order valence-corrected chi connectivity index (χ2v) is 5.07. The molecule has 1 atom stereocenters. The summed E-state index contributed by atoms with van der Waals surface area (Å²) in [5, 5.41) is 4.43. The molecular weight excluding hydrogens is 154 g/mol. The van der Waals surface area contributed by atoms with E-state index in [2.05, 4.69) is 24.1 Å². The SMILES string of the molecule is CNC1(C2CCCCS2)CC1. The molecule has 1 aliphatic carbocycles. The zero-order valence-electron chi connectivity index (χ0n) is 7.23. The van der Waals surface area contributed by atoms with Crippen LogP contribution < -0.4 is 5.32 Å². The molecule has 1 heterocycles. The Balaban J connectivity index is 1.92. The molecule has 0 radical (unpaired) electrons. The van der Waals surface area contributed by atoms with E-state index in [4.69, 9.17) is 0 Å². The summed E-state index contributed by atoms with van der Waals surface area (Å²) in [6, 6.07) is 0. The Morgan fingerprint density at radius 1 is 1.36 bits per heavy atom. The number of hydrogen-bond acceptors (Lipinski definition) is 2. The van der Waals surface area contributed by atoms with Crippen LogP contribution in [-0.4, -0.2) is 23.6 Å². The lowest BCUT2D eigenvalue weighted by Gasteiger charge is -2.29. The Kier molecular flexibility index (Phi) is 2.15. The first-order chi connectivity index (χ1) is 5.37. The summed E-state index contributed by atoms with van der Waals surface area (Å²) in [4.78, 5) is 0. The molecule has 11 heavy (non-hydrogen) atoms. The summed E-state index contributed by atoms with van der Waals surface area (Å²) in [6.45, 7) is 0. The minimum Gasteiger partial charge on any atom is -0.313 e. The highest BCUT2D eigenvalue weighted by Crippen LogP contribution is 2.47. The van der Waals surface area contributed by atoms with Gasteiger partial charge in [0.2, 0.25) is 0 Å². The average molecular weight is 171 g/mol. The molecule has 1 saturated carbocycles. The van der Waals surface area contributed by atoms with Crippen LogP contribution in [-0.2, 0) is 0 Å². The van der Waals surface area contributed by atoms with E-state index in [-0.39, 0.29) is 0 Å². The van der Waals surface area contributed by atoms with Crippen LogP contribution in [0.15, 0.2) is 0 Å². The first-order valence-corrected chi connectivity index (χ1v) is 5.73. The van der Waals surface area contributed by atoms with Gasteiger partial charge in [-0.3, -0.25) is 0 Å². The Labute approximate surface area is 73.3 Å². The van der Waals surface area contributed by atoms with Crippen molar-refractivity contribution in [2.24, 2.45) is 0 Å². The molecule has 0 bridgehead atoms. The number of thioether (sulfide) groups is 1. The molecule has 64 valence electrons. The van der Waals surface area contributed by atoms with Gasteiger partial charge >= 0.3 is 0 Å². The van der Waals surface area contributed by atoms with Crippen molar-refractivity contribution < 1.29 is 0 Å². The highest BCUT2D eigenvalue weighted by atomic mass is 32.2. The van der Waals surface area contributed by atoms with E-state index >= 15 is 0 Å². The predicted octanol–water partition coefficient (Wildman–Crippen LogP) is 2.02. The van der Waals surface area contributed by atoms with Gasteiger partial charge in [0.05, 0.1) is 0 Å². The van der Waals surface area contributed by atoms with Crippen molar-refractivity contribution in [1.29, 1.82) is 0 Å². The van der Waals surface area contributed by atoms with Gasteiger partial charge in [0.25, 0.3) is 0 Å². The standard InChI is InChI=1S/C9H17NS/c1-10-9(5-6-9)8-4-2-3-7-11-8/h8,10H,2-7H2,1H3. The van der Waals surface area contributed by atoms with Crippen molar-refractivity contribution >= 4 is 11.8 Å². The summed E-state index contributed by atoms with van der Waals surface area (Å²) in [6.07, 6.45) is 7.19. The largest absolute Gasteiger partial charge is 0.313 e. The lowest BCUT2D eigenvalue weighted by molar-refractivity contribution is 0.484. The van der Waals surface area contributed by atoms with Crippen molar-refractivity contribution in [3.8, 4) is 0 Å². The number of nitrogens with one attached hydrogen (secondary N) is 1. The van der Waals surface area contributed by atoms with Crippen molar-refractivity contribution in [2.45, 2.75) is 42.9 Å². The monoisotopic (exact) mass is 171 g/mol. The van der Waals surface area contributed by atoms with Gasteiger partial charge in [0, 0.05) is 10.8 Å². The van der Waals surface area contributed by atoms with Gasteiger partial charge in [-0.15, -0.1) is 0 Å². The van der Waals surface area contributed by atoms with Crippen LogP contribution in [0.3, 0.4) is 0 Å². The molecule has 2 fully saturated rings. The van der Waals surface area contributed by atoms with Crippen LogP contribution >= 0.6 is 11.8 Å². The van der Waals surface area contributed by atoms with Gasteiger partial charge in [-0.2, -0.15) is 11.8 Å². The minimum absolute atomic E-state index is 0.574. The maximum atomic E-state index is 3.50. The topological polar surface area (TPSA) is 12.0 Å². The number of rotatable bonds is 2. The van der Waals surface area contributed by atoms with E-state index in [9.17, 15) is 0 Å². The molecule has 1 aliphatic heterocycles. The van der Waals surface area contributed by atoms with Gasteiger partial charge in [-0.05, 0) is 38.5 Å². The summed E-state index contributed by atoms with van der Waals surface area (Å²) < 4.78 is 0. The van der Waals surface area contributed by atoms with Gasteiger partial charge in [-0.1, -0.05) is 6.42 Å². The predicted molar refractivity (Wildman–Crippen MR) is 51.1 cm³/mol. The van der Waals surface area contributed by atoms with Crippen molar-refractivity contribution in [3.05, 3.63) is 0 Å². The van der Waals surface area contributed by atoms with Crippen LogP contribution in [0, 0.1) is 0 Å². The van der Waals surface area contributed by atoms with Crippen LogP contribution in [0.2, 0.25) is 0 Å². The molecule has 1 nitrogen and oxygen atoms in total. The molecule has 0 aromatic carbocycles. The summed E-state index contributed by atoms with van der Waals surface area (Å²) in [5.41, 5.74) is 0.574. The average Bonchev–Trinajstić information content (AvgIpc) is 2.86. The summed E-state index contributed by atoms with van der Waals surface area (Å²) in [5.74, 6) is 1.40. The zero-order valence-corrected chi connectivity index (χ0v) is 8.04. The Bertz CT molecular complexity index is 136. The molecular formula is C9H17NS. The first kappa shape index (κ1) is 7.93. The molecule has 1 N–H and O–H groups in total. The smallest absolute Gasteiger partial charge is 0.0298 e. The summed E-state index contributed by atoms with van der Waals surface area (Å²) >= 11 is 2.19. The van der Waals surface area contributed by atoms with E-state index in [0.717, 1.165) is 5.25 Å². The highest BCUT2D eigenvalue weighted by Gasteiger charge is 2.48. The van der Waals surface area contributed by atoms with Gasteiger partial charge < -0.3 is 5.32 Å². The van der Waals surface area contributed by atoms with Crippen LogP contribution in [0.25, 0.3) is 0 Å². The van der Waals surface area contributed by atoms with Gasteiger partial charge in [0.1, 0.15) is 0 Å². The molecule has 2 aliphatic rings. The normalized spacial score (nSPS) is 35.2. The second-order valence-electron chi connectivity index (χ2n) is 3.76. The first-order valence-electron chi connectivity index (χ1n) is 4.68. The minimum atomic E-state index is 0.574. The van der Waals surface area contributed by atoms with Crippen LogP contribution in [0.5, 0.6) is 0 Å². The fourth-order valence-corrected chi connectivity index (χ4v) is 3.71. The maximum Gasteiger partial charge on any atom is 0.0298 e. The molecule has 1 unspecified atom stereocenters. The maximum absolute atomic E-state index is 3.50. The van der Waals surface area contributed by atoms with Crippen molar-refractivity contribution in [2.75, 3.05) is 12.8 Å². The second kappa shape index (κ2) is 2.98. The van der Waals surface area contributed by atoms with E-state index in [1.165, 1.54) is 37.9 Å². The third-order valence-electron chi connectivity index (χ3n) is 3.08. The molecule has 0 amide bonds. The van der Waals surface area contributed by atoms with E-state index < -0.39 is 0 Å². The number of hydrogen-bond donors (Lipinski definition) is 1. The van der Waals surface area contributed by atoms with E-state index in [1.54, 1.807) is 0 Å². The lowest BCUT2D eigenvalue weighted by Crippen LogP contribution is -2.39. The fraction of sp³-hybridized carbons (Fsp3) is 1.00. The Morgan fingerprint density at radius 2 is 2.18 bits per heavy atom. The third kappa shape index (κ3) is 1.43. The molecule has 1 saturated heterocycles. The molecule has 0 spiro atoms. The van der Waals surface area contributed by atoms with Gasteiger partial charge in [-0.25, -0.2) is 0 Å². The molecule has 2 heteroatoms. The van der Waals surface area contributed by atoms with Crippen LogP contribution in [0.1, 0.15) is 32.1 Å². The van der Waals surface area contributed by atoms with Gasteiger partial charge in [0.15, 0.2) is 0 Å². The molecule has 0 aromatic rings. The van der Waals surface area contributed by atoms with Crippen molar-refractivity contribution in [1.82, 2.24) is 5.32 Å². The third-order valence-corrected chi connectivity index (χ3v) is 4.70.